The van der Waals surface area contributed by atoms with E-state index in [-0.39, 0.29) is 12.3 Å². The van der Waals surface area contributed by atoms with Crippen molar-refractivity contribution in [1.82, 2.24) is 10.2 Å². The fraction of sp³-hybridized carbons (Fsp3) is 0.231. The van der Waals surface area contributed by atoms with Crippen molar-refractivity contribution in [3.63, 3.8) is 0 Å². The molecule has 0 saturated carbocycles. The monoisotopic (exact) mass is 297 g/mol. The molecular formula is C13H13Cl2N3O. The molecule has 0 atom stereocenters. The van der Waals surface area contributed by atoms with Crippen LogP contribution in [-0.2, 0) is 11.2 Å². The normalized spacial score (nSPS) is 10.5. The molecule has 100 valence electrons. The van der Waals surface area contributed by atoms with Crippen molar-refractivity contribution in [2.75, 3.05) is 5.32 Å². The van der Waals surface area contributed by atoms with Gasteiger partial charge in [0.25, 0.3) is 0 Å². The lowest BCUT2D eigenvalue weighted by molar-refractivity contribution is -0.115. The zero-order valence-corrected chi connectivity index (χ0v) is 12.1. The molecule has 0 radical (unpaired) electrons. The topological polar surface area (TPSA) is 57.8 Å². The van der Waals surface area contributed by atoms with Gasteiger partial charge in [-0.05, 0) is 31.5 Å². The van der Waals surface area contributed by atoms with Crippen molar-refractivity contribution in [1.29, 1.82) is 0 Å². The summed E-state index contributed by atoms with van der Waals surface area (Å²) in [5, 5.41) is 10.6. The smallest absolute Gasteiger partial charge is 0.228 e. The zero-order chi connectivity index (χ0) is 14.0. The number of carbonyl (C=O) groups excluding carboxylic acids is 1. The Morgan fingerprint density at radius 1 is 1.32 bits per heavy atom. The Balaban J connectivity index is 2.07. The Bertz CT molecular complexity index is 603. The number of aromatic nitrogens is 2. The Labute approximate surface area is 121 Å². The Kier molecular flexibility index (Phi) is 4.12. The van der Waals surface area contributed by atoms with E-state index in [9.17, 15) is 4.79 Å². The highest BCUT2D eigenvalue weighted by Gasteiger charge is 2.11. The SMILES string of the molecule is Cc1n[nH]c(C)c1NC(=O)Cc1ccc(Cl)c(Cl)c1. The summed E-state index contributed by atoms with van der Waals surface area (Å²) in [7, 11) is 0. The summed E-state index contributed by atoms with van der Waals surface area (Å²) in [5.74, 6) is -0.119. The van der Waals surface area contributed by atoms with E-state index in [1.165, 1.54) is 0 Å². The molecule has 0 unspecified atom stereocenters. The predicted octanol–water partition coefficient (Wildman–Crippen LogP) is 3.51. The highest BCUT2D eigenvalue weighted by Crippen LogP contribution is 2.23. The number of amides is 1. The van der Waals surface area contributed by atoms with Gasteiger partial charge in [-0.25, -0.2) is 0 Å². The average molecular weight is 298 g/mol. The van der Waals surface area contributed by atoms with Crippen LogP contribution in [0.2, 0.25) is 10.0 Å². The minimum Gasteiger partial charge on any atom is -0.323 e. The third kappa shape index (κ3) is 3.28. The van der Waals surface area contributed by atoms with E-state index in [0.717, 1.165) is 22.6 Å². The van der Waals surface area contributed by atoms with Crippen molar-refractivity contribution >= 4 is 34.8 Å². The summed E-state index contributed by atoms with van der Waals surface area (Å²) < 4.78 is 0. The van der Waals surface area contributed by atoms with Crippen molar-refractivity contribution < 1.29 is 4.79 Å². The molecule has 0 bridgehead atoms. The van der Waals surface area contributed by atoms with E-state index >= 15 is 0 Å². The number of anilines is 1. The predicted molar refractivity (Wildman–Crippen MR) is 76.9 cm³/mol. The molecule has 2 aromatic rings. The summed E-state index contributed by atoms with van der Waals surface area (Å²) in [6.45, 7) is 3.69. The Morgan fingerprint density at radius 2 is 2.05 bits per heavy atom. The molecule has 1 amide bonds. The van der Waals surface area contributed by atoms with Crippen LogP contribution >= 0.6 is 23.2 Å². The van der Waals surface area contributed by atoms with Crippen molar-refractivity contribution in [3.8, 4) is 0 Å². The lowest BCUT2D eigenvalue weighted by Gasteiger charge is -2.06. The molecule has 6 heteroatoms. The fourth-order valence-electron chi connectivity index (χ4n) is 1.75. The first kappa shape index (κ1) is 13.9. The number of nitrogens with one attached hydrogen (secondary N) is 2. The second kappa shape index (κ2) is 5.63. The molecule has 1 aromatic carbocycles. The van der Waals surface area contributed by atoms with Crippen LogP contribution in [0.1, 0.15) is 17.0 Å². The van der Waals surface area contributed by atoms with Crippen LogP contribution in [0.25, 0.3) is 0 Å². The van der Waals surface area contributed by atoms with Gasteiger partial charge in [0, 0.05) is 0 Å². The maximum absolute atomic E-state index is 12.0. The van der Waals surface area contributed by atoms with Crippen LogP contribution in [0.5, 0.6) is 0 Å². The average Bonchev–Trinajstić information content (AvgIpc) is 2.66. The number of halogens is 2. The Morgan fingerprint density at radius 3 is 2.63 bits per heavy atom. The first-order chi connectivity index (χ1) is 8.97. The van der Waals surface area contributed by atoms with Crippen LogP contribution < -0.4 is 5.32 Å². The molecule has 2 N–H and O–H groups in total. The second-order valence-corrected chi connectivity index (χ2v) is 5.10. The van der Waals surface area contributed by atoms with Crippen molar-refractivity contribution in [2.45, 2.75) is 20.3 Å². The first-order valence-corrected chi connectivity index (χ1v) is 6.48. The maximum Gasteiger partial charge on any atom is 0.228 e. The van der Waals surface area contributed by atoms with Crippen molar-refractivity contribution in [2.24, 2.45) is 0 Å². The number of H-pyrrole nitrogens is 1. The molecule has 0 saturated heterocycles. The number of benzene rings is 1. The van der Waals surface area contributed by atoms with Gasteiger partial charge >= 0.3 is 0 Å². The number of rotatable bonds is 3. The van der Waals surface area contributed by atoms with E-state index in [0.29, 0.717) is 10.0 Å². The molecule has 0 aliphatic heterocycles. The summed E-state index contributed by atoms with van der Waals surface area (Å²) in [6.07, 6.45) is 0.237. The first-order valence-electron chi connectivity index (χ1n) is 5.72. The van der Waals surface area contributed by atoms with E-state index < -0.39 is 0 Å². The molecule has 1 heterocycles. The van der Waals surface area contributed by atoms with Crippen LogP contribution in [-0.4, -0.2) is 16.1 Å². The van der Waals surface area contributed by atoms with Crippen molar-refractivity contribution in [3.05, 3.63) is 45.2 Å². The summed E-state index contributed by atoms with van der Waals surface area (Å²) in [6, 6.07) is 5.16. The quantitative estimate of drug-likeness (QED) is 0.911. The molecule has 4 nitrogen and oxygen atoms in total. The molecule has 0 spiro atoms. The van der Waals surface area contributed by atoms with E-state index in [1.807, 2.05) is 13.8 Å². The zero-order valence-electron chi connectivity index (χ0n) is 10.6. The van der Waals surface area contributed by atoms with Gasteiger partial charge in [-0.15, -0.1) is 0 Å². The van der Waals surface area contributed by atoms with Gasteiger partial charge < -0.3 is 5.32 Å². The molecule has 1 aromatic heterocycles. The summed E-state index contributed by atoms with van der Waals surface area (Å²) in [4.78, 5) is 12.0. The summed E-state index contributed by atoms with van der Waals surface area (Å²) >= 11 is 11.7. The van der Waals surface area contributed by atoms with Gasteiger partial charge in [0.05, 0.1) is 33.5 Å². The Hall–Kier alpha value is -1.52. The minimum absolute atomic E-state index is 0.119. The number of aryl methyl sites for hydroxylation is 2. The maximum atomic E-state index is 12.0. The van der Waals surface area contributed by atoms with Crippen LogP contribution in [0.3, 0.4) is 0 Å². The third-order valence-electron chi connectivity index (χ3n) is 2.74. The van der Waals surface area contributed by atoms with Crippen LogP contribution in [0, 0.1) is 13.8 Å². The molecular weight excluding hydrogens is 285 g/mol. The largest absolute Gasteiger partial charge is 0.323 e. The van der Waals surface area contributed by atoms with Gasteiger partial charge in [-0.3, -0.25) is 9.89 Å². The third-order valence-corrected chi connectivity index (χ3v) is 3.48. The molecule has 19 heavy (non-hydrogen) atoms. The van der Waals surface area contributed by atoms with Gasteiger partial charge in [-0.2, -0.15) is 5.10 Å². The van der Waals surface area contributed by atoms with Gasteiger partial charge in [-0.1, -0.05) is 29.3 Å². The minimum atomic E-state index is -0.119. The molecule has 2 rings (SSSR count). The van der Waals surface area contributed by atoms with Gasteiger partial charge in [0.2, 0.25) is 5.91 Å². The number of nitrogens with zero attached hydrogens (tertiary/aromatic N) is 1. The second-order valence-electron chi connectivity index (χ2n) is 4.28. The van der Waals surface area contributed by atoms with Gasteiger partial charge in [0.1, 0.15) is 0 Å². The lowest BCUT2D eigenvalue weighted by Crippen LogP contribution is -2.15. The van der Waals surface area contributed by atoms with Crippen LogP contribution in [0.4, 0.5) is 5.69 Å². The number of aromatic amines is 1. The number of carbonyl (C=O) groups is 1. The fourth-order valence-corrected chi connectivity index (χ4v) is 2.07. The van der Waals surface area contributed by atoms with Crippen LogP contribution in [0.15, 0.2) is 18.2 Å². The van der Waals surface area contributed by atoms with E-state index in [4.69, 9.17) is 23.2 Å². The molecule has 0 aliphatic rings. The summed E-state index contributed by atoms with van der Waals surface area (Å²) in [5.41, 5.74) is 3.13. The lowest BCUT2D eigenvalue weighted by atomic mass is 10.1. The highest BCUT2D eigenvalue weighted by molar-refractivity contribution is 6.42. The molecule has 0 fully saturated rings. The van der Waals surface area contributed by atoms with E-state index in [1.54, 1.807) is 18.2 Å². The van der Waals surface area contributed by atoms with Gasteiger partial charge in [0.15, 0.2) is 0 Å². The molecule has 0 aliphatic carbocycles. The highest BCUT2D eigenvalue weighted by atomic mass is 35.5. The van der Waals surface area contributed by atoms with E-state index in [2.05, 4.69) is 15.5 Å². The number of hydrogen-bond donors (Lipinski definition) is 2. The standard InChI is InChI=1S/C13H13Cl2N3O/c1-7-13(8(2)18-17-7)16-12(19)6-9-3-4-10(14)11(15)5-9/h3-5H,6H2,1-2H3,(H,16,19)(H,17,18). The number of hydrogen-bond acceptors (Lipinski definition) is 2.